The minimum atomic E-state index is -0.794. The highest BCUT2D eigenvalue weighted by molar-refractivity contribution is 7.99. The van der Waals surface area contributed by atoms with Crippen LogP contribution in [-0.2, 0) is 10.6 Å². The molecule has 0 unspecified atom stereocenters. The van der Waals surface area contributed by atoms with E-state index in [2.05, 4.69) is 83.8 Å². The molecule has 0 saturated heterocycles. The molecule has 2 heterocycles. The summed E-state index contributed by atoms with van der Waals surface area (Å²) in [5.41, 5.74) is 3.64. The molecule has 2 atom stereocenters. The number of anilines is 1. The third kappa shape index (κ3) is 3.44. The Morgan fingerprint density at radius 2 is 1.53 bits per heavy atom. The van der Waals surface area contributed by atoms with E-state index in [1.807, 2.05) is 42.1 Å². The van der Waals surface area contributed by atoms with E-state index in [1.165, 1.54) is 10.5 Å². The average molecular weight is 465 g/mol. The van der Waals surface area contributed by atoms with Crippen molar-refractivity contribution in [3.05, 3.63) is 126 Å². The van der Waals surface area contributed by atoms with Crippen LogP contribution < -0.4 is 9.64 Å². The summed E-state index contributed by atoms with van der Waals surface area (Å²) < 4.78 is 5.44. The number of oxime groups is 1. The molecule has 34 heavy (non-hydrogen) atoms. The second kappa shape index (κ2) is 8.58. The van der Waals surface area contributed by atoms with Crippen molar-refractivity contribution in [3.63, 3.8) is 0 Å². The predicted molar refractivity (Wildman–Crippen MR) is 137 cm³/mol. The van der Waals surface area contributed by atoms with Crippen LogP contribution in [-0.4, -0.2) is 12.9 Å². The van der Waals surface area contributed by atoms with Gasteiger partial charge in [0.05, 0.1) is 12.8 Å². The Hall–Kier alpha value is -3.70. The molecular formula is C29H24N2O2S. The maximum absolute atomic E-state index is 6.52. The second-order valence-electron chi connectivity index (χ2n) is 8.41. The van der Waals surface area contributed by atoms with Crippen LogP contribution in [0.1, 0.15) is 28.4 Å². The molecule has 5 heteroatoms. The largest absolute Gasteiger partial charge is 0.497 e. The van der Waals surface area contributed by atoms with Crippen molar-refractivity contribution < 1.29 is 9.57 Å². The SMILES string of the molecule is COc1ccc([C@]23C[C@@H](c4ccccc4)Sc4ccccc4N2C(c2ccccc2)=NO3)cc1. The molecule has 168 valence electrons. The molecule has 0 amide bonds. The first-order valence-corrected chi connectivity index (χ1v) is 12.2. The first-order chi connectivity index (χ1) is 16.8. The zero-order valence-corrected chi connectivity index (χ0v) is 19.6. The number of ether oxygens (including phenoxy) is 1. The van der Waals surface area contributed by atoms with Crippen molar-refractivity contribution in [1.82, 2.24) is 0 Å². The fourth-order valence-corrected chi connectivity index (χ4v) is 6.12. The van der Waals surface area contributed by atoms with Gasteiger partial charge in [-0.15, -0.1) is 11.8 Å². The van der Waals surface area contributed by atoms with E-state index in [0.29, 0.717) is 0 Å². The van der Waals surface area contributed by atoms with Crippen molar-refractivity contribution in [2.24, 2.45) is 5.16 Å². The highest BCUT2D eigenvalue weighted by Crippen LogP contribution is 2.56. The number of hydrogen-bond donors (Lipinski definition) is 0. The Kier molecular flexibility index (Phi) is 5.27. The number of fused-ring (bicyclic) bond motifs is 3. The Morgan fingerprint density at radius 1 is 0.853 bits per heavy atom. The van der Waals surface area contributed by atoms with Crippen LogP contribution in [0.2, 0.25) is 0 Å². The summed E-state index contributed by atoms with van der Waals surface area (Å²) in [5.74, 6) is 1.63. The van der Waals surface area contributed by atoms with E-state index in [4.69, 9.17) is 14.7 Å². The molecule has 0 spiro atoms. The van der Waals surface area contributed by atoms with E-state index in [1.54, 1.807) is 7.11 Å². The van der Waals surface area contributed by atoms with Gasteiger partial charge in [0, 0.05) is 27.7 Å². The first-order valence-electron chi connectivity index (χ1n) is 11.4. The van der Waals surface area contributed by atoms with Gasteiger partial charge in [-0.05, 0) is 42.0 Å². The predicted octanol–water partition coefficient (Wildman–Crippen LogP) is 6.98. The van der Waals surface area contributed by atoms with Gasteiger partial charge in [-0.2, -0.15) is 0 Å². The summed E-state index contributed by atoms with van der Waals surface area (Å²) in [6, 6.07) is 37.7. The van der Waals surface area contributed by atoms with Crippen molar-refractivity contribution in [1.29, 1.82) is 0 Å². The monoisotopic (exact) mass is 464 g/mol. The van der Waals surface area contributed by atoms with Gasteiger partial charge in [0.15, 0.2) is 5.84 Å². The third-order valence-corrected chi connectivity index (χ3v) is 7.76. The fourth-order valence-electron chi connectivity index (χ4n) is 4.77. The van der Waals surface area contributed by atoms with Crippen LogP contribution in [0.4, 0.5) is 5.69 Å². The van der Waals surface area contributed by atoms with Gasteiger partial charge in [0.2, 0.25) is 5.72 Å². The highest BCUT2D eigenvalue weighted by atomic mass is 32.2. The van der Waals surface area contributed by atoms with Crippen LogP contribution >= 0.6 is 11.8 Å². The molecule has 0 aromatic heterocycles. The van der Waals surface area contributed by atoms with Crippen LogP contribution in [0.5, 0.6) is 5.75 Å². The number of rotatable bonds is 4. The van der Waals surface area contributed by atoms with Gasteiger partial charge < -0.3 is 9.57 Å². The molecule has 4 nitrogen and oxygen atoms in total. The van der Waals surface area contributed by atoms with E-state index in [9.17, 15) is 0 Å². The summed E-state index contributed by atoms with van der Waals surface area (Å²) in [6.07, 6.45) is 0.725. The molecule has 4 aromatic carbocycles. The lowest BCUT2D eigenvalue weighted by molar-refractivity contribution is -0.0283. The molecular weight excluding hydrogens is 440 g/mol. The second-order valence-corrected chi connectivity index (χ2v) is 9.65. The molecule has 0 aliphatic carbocycles. The summed E-state index contributed by atoms with van der Waals surface area (Å²) in [4.78, 5) is 10.0. The molecule has 0 bridgehead atoms. The van der Waals surface area contributed by atoms with E-state index < -0.39 is 5.72 Å². The van der Waals surface area contributed by atoms with Crippen LogP contribution in [0, 0.1) is 0 Å². The smallest absolute Gasteiger partial charge is 0.242 e. The normalized spacial score (nSPS) is 21.0. The molecule has 0 radical (unpaired) electrons. The Balaban J connectivity index is 1.57. The molecule has 0 saturated carbocycles. The molecule has 0 N–H and O–H groups in total. The zero-order chi connectivity index (χ0) is 23.0. The summed E-state index contributed by atoms with van der Waals surface area (Å²) in [6.45, 7) is 0. The Morgan fingerprint density at radius 3 is 2.26 bits per heavy atom. The van der Waals surface area contributed by atoms with Gasteiger partial charge in [-0.3, -0.25) is 4.90 Å². The maximum Gasteiger partial charge on any atom is 0.242 e. The van der Waals surface area contributed by atoms with Gasteiger partial charge >= 0.3 is 0 Å². The molecule has 6 rings (SSSR count). The summed E-state index contributed by atoms with van der Waals surface area (Å²) in [7, 11) is 1.69. The van der Waals surface area contributed by atoms with Crippen LogP contribution in [0.15, 0.2) is 119 Å². The highest BCUT2D eigenvalue weighted by Gasteiger charge is 2.52. The van der Waals surface area contributed by atoms with Crippen molar-refractivity contribution in [2.45, 2.75) is 22.3 Å². The lowest BCUT2D eigenvalue weighted by Crippen LogP contribution is -2.47. The number of nitrogens with zero attached hydrogens (tertiary/aromatic N) is 2. The third-order valence-electron chi connectivity index (χ3n) is 6.44. The van der Waals surface area contributed by atoms with Gasteiger partial charge in [-0.25, -0.2) is 0 Å². The van der Waals surface area contributed by atoms with E-state index in [-0.39, 0.29) is 5.25 Å². The number of para-hydroxylation sites is 1. The Labute approximate surface area is 203 Å². The van der Waals surface area contributed by atoms with Gasteiger partial charge in [0.25, 0.3) is 0 Å². The van der Waals surface area contributed by atoms with E-state index >= 15 is 0 Å². The Bertz CT molecular complexity index is 1330. The van der Waals surface area contributed by atoms with Gasteiger partial charge in [0.1, 0.15) is 5.75 Å². The number of amidine groups is 1. The zero-order valence-electron chi connectivity index (χ0n) is 18.8. The average Bonchev–Trinajstić information content (AvgIpc) is 3.22. The van der Waals surface area contributed by atoms with Crippen molar-refractivity contribution >= 4 is 23.3 Å². The van der Waals surface area contributed by atoms with E-state index in [0.717, 1.165) is 34.8 Å². The standard InChI is InChI=1S/C29H24N2O2S/c1-32-24-18-16-23(17-19-24)29-20-27(21-10-4-2-5-11-21)34-26-15-9-8-14-25(26)31(29)28(30-33-29)22-12-6-3-7-13-22/h2-19,27H,20H2,1H3/t27-,29+/m0/s1. The number of thioether (sulfide) groups is 1. The molecule has 2 aliphatic heterocycles. The van der Waals surface area contributed by atoms with Crippen molar-refractivity contribution in [3.8, 4) is 5.75 Å². The van der Waals surface area contributed by atoms with Crippen LogP contribution in [0.3, 0.4) is 0 Å². The van der Waals surface area contributed by atoms with Crippen LogP contribution in [0.25, 0.3) is 0 Å². The topological polar surface area (TPSA) is 34.1 Å². The number of hydrogen-bond acceptors (Lipinski definition) is 5. The maximum atomic E-state index is 6.52. The summed E-state index contributed by atoms with van der Waals surface area (Å²) in [5, 5.41) is 4.89. The summed E-state index contributed by atoms with van der Waals surface area (Å²) >= 11 is 1.88. The minimum Gasteiger partial charge on any atom is -0.497 e. The lowest BCUT2D eigenvalue weighted by atomic mass is 9.92. The molecule has 4 aromatic rings. The quantitative estimate of drug-likeness (QED) is 0.326. The fraction of sp³-hybridized carbons (Fsp3) is 0.138. The first kappa shape index (κ1) is 20.9. The number of methoxy groups -OCH3 is 1. The molecule has 0 fully saturated rings. The molecule has 2 aliphatic rings. The lowest BCUT2D eigenvalue weighted by Gasteiger charge is -2.38. The number of benzene rings is 4. The van der Waals surface area contributed by atoms with Gasteiger partial charge in [-0.1, -0.05) is 78.0 Å². The minimum absolute atomic E-state index is 0.180. The van der Waals surface area contributed by atoms with Crippen molar-refractivity contribution in [2.75, 3.05) is 12.0 Å².